The molecule has 1 aromatic heterocycles. The van der Waals surface area contributed by atoms with E-state index >= 15 is 0 Å². The Morgan fingerprint density at radius 3 is 2.31 bits per heavy atom. The molecule has 2 unspecified atom stereocenters. The molecule has 3 rings (SSSR count). The van der Waals surface area contributed by atoms with Gasteiger partial charge >= 0.3 is 5.97 Å². The Kier molecular flexibility index (Phi) is 7.51. The van der Waals surface area contributed by atoms with Crippen molar-refractivity contribution in [2.75, 3.05) is 13.7 Å². The number of esters is 1. The van der Waals surface area contributed by atoms with E-state index in [9.17, 15) is 9.59 Å². The van der Waals surface area contributed by atoms with Crippen LogP contribution in [0.2, 0.25) is 10.0 Å². The zero-order valence-corrected chi connectivity index (χ0v) is 19.1. The molecule has 0 aliphatic carbocycles. The quantitative estimate of drug-likeness (QED) is 0.285. The van der Waals surface area contributed by atoms with Crippen LogP contribution in [0.5, 0.6) is 5.88 Å². The van der Waals surface area contributed by atoms with Crippen LogP contribution in [0.25, 0.3) is 0 Å². The summed E-state index contributed by atoms with van der Waals surface area (Å²) in [6.45, 7) is 1.25. The molecule has 2 atom stereocenters. The predicted molar refractivity (Wildman–Crippen MR) is 123 cm³/mol. The summed E-state index contributed by atoms with van der Waals surface area (Å²) in [6.07, 6.45) is 0.791. The van der Waals surface area contributed by atoms with E-state index in [0.717, 1.165) is 11.1 Å². The average Bonchev–Trinajstić information content (AvgIpc) is 2.82. The van der Waals surface area contributed by atoms with Crippen LogP contribution < -0.4 is 10.5 Å². The van der Waals surface area contributed by atoms with Crippen molar-refractivity contribution < 1.29 is 19.1 Å². The first-order chi connectivity index (χ1) is 15.3. The van der Waals surface area contributed by atoms with Gasteiger partial charge in [-0.2, -0.15) is 0 Å². The molecule has 0 aliphatic rings. The normalized spacial score (nSPS) is 13.7. The topological polar surface area (TPSA) is 91.5 Å². The zero-order valence-electron chi connectivity index (χ0n) is 17.5. The summed E-state index contributed by atoms with van der Waals surface area (Å²) in [6, 6.07) is 17.6. The van der Waals surface area contributed by atoms with Gasteiger partial charge in [0.15, 0.2) is 11.9 Å². The molecule has 0 aliphatic heterocycles. The summed E-state index contributed by atoms with van der Waals surface area (Å²) in [7, 11) is 1.21. The third-order valence-corrected chi connectivity index (χ3v) is 5.74. The van der Waals surface area contributed by atoms with Gasteiger partial charge < -0.3 is 15.2 Å². The number of pyridine rings is 1. The molecule has 2 N–H and O–H groups in total. The van der Waals surface area contributed by atoms with Crippen LogP contribution in [0.4, 0.5) is 0 Å². The summed E-state index contributed by atoms with van der Waals surface area (Å²) in [5.41, 5.74) is 5.98. The minimum atomic E-state index is -1.50. The third-order valence-electron chi connectivity index (χ3n) is 5.14. The number of rotatable bonds is 8. The van der Waals surface area contributed by atoms with Crippen LogP contribution in [0.3, 0.4) is 0 Å². The Labute approximate surface area is 196 Å². The number of ether oxygens (including phenoxy) is 2. The maximum absolute atomic E-state index is 12.9. The first-order valence-corrected chi connectivity index (χ1v) is 10.5. The highest BCUT2D eigenvalue weighted by Crippen LogP contribution is 2.33. The van der Waals surface area contributed by atoms with Crippen molar-refractivity contribution >= 4 is 35.0 Å². The van der Waals surface area contributed by atoms with E-state index in [2.05, 4.69) is 4.98 Å². The van der Waals surface area contributed by atoms with Crippen molar-refractivity contribution in [3.05, 3.63) is 93.6 Å². The lowest BCUT2D eigenvalue weighted by atomic mass is 9.83. The van der Waals surface area contributed by atoms with Gasteiger partial charge in [0.05, 0.1) is 7.11 Å². The first kappa shape index (κ1) is 23.7. The first-order valence-electron chi connectivity index (χ1n) is 9.76. The Bertz CT molecular complexity index is 1100. The smallest absolute Gasteiger partial charge is 0.320 e. The fourth-order valence-electron chi connectivity index (χ4n) is 3.15. The van der Waals surface area contributed by atoms with Crippen LogP contribution in [-0.4, -0.2) is 30.4 Å². The number of benzene rings is 2. The van der Waals surface area contributed by atoms with E-state index in [1.807, 2.05) is 30.3 Å². The van der Waals surface area contributed by atoms with Crippen molar-refractivity contribution in [3.8, 4) is 5.88 Å². The molecular weight excluding hydrogens is 451 g/mol. The SMILES string of the molecule is COC(=O)C(C)(CN)C(=O)c1ccc(OC(c2ccc(Cl)cc2)c2ccccc2Cl)nc1. The Morgan fingerprint density at radius 1 is 1.06 bits per heavy atom. The number of methoxy groups -OCH3 is 1. The van der Waals surface area contributed by atoms with Gasteiger partial charge in [0, 0.05) is 40.0 Å². The fraction of sp³-hybridized carbons (Fsp3) is 0.208. The number of carbonyl (C=O) groups excluding carboxylic acids is 2. The Hall–Kier alpha value is -2.93. The van der Waals surface area contributed by atoms with E-state index in [4.69, 9.17) is 38.4 Å². The van der Waals surface area contributed by atoms with Gasteiger partial charge in [-0.15, -0.1) is 0 Å². The molecule has 32 heavy (non-hydrogen) atoms. The van der Waals surface area contributed by atoms with E-state index in [1.54, 1.807) is 24.3 Å². The van der Waals surface area contributed by atoms with Gasteiger partial charge in [-0.3, -0.25) is 9.59 Å². The largest absolute Gasteiger partial charge is 0.468 e. The maximum Gasteiger partial charge on any atom is 0.320 e. The highest BCUT2D eigenvalue weighted by atomic mass is 35.5. The number of ketones is 1. The lowest BCUT2D eigenvalue weighted by molar-refractivity contribution is -0.148. The van der Waals surface area contributed by atoms with Crippen molar-refractivity contribution in [3.63, 3.8) is 0 Å². The fourth-order valence-corrected chi connectivity index (χ4v) is 3.51. The summed E-state index contributed by atoms with van der Waals surface area (Å²) >= 11 is 12.4. The number of halogens is 2. The number of nitrogens with zero attached hydrogens (tertiary/aromatic N) is 1. The van der Waals surface area contributed by atoms with E-state index in [0.29, 0.717) is 10.0 Å². The number of carbonyl (C=O) groups is 2. The molecule has 8 heteroatoms. The molecule has 166 valence electrons. The molecule has 0 spiro atoms. The standard InChI is InChI=1S/C24H22Cl2N2O4/c1-24(14-27,23(30)31-2)22(29)16-9-12-20(28-13-16)32-21(15-7-10-17(25)11-8-15)18-5-3-4-6-19(18)26/h3-13,21H,14,27H2,1-2H3. The summed E-state index contributed by atoms with van der Waals surface area (Å²) in [4.78, 5) is 29.2. The molecular formula is C24H22Cl2N2O4. The van der Waals surface area contributed by atoms with Crippen LogP contribution >= 0.6 is 23.2 Å². The molecule has 0 saturated carbocycles. The van der Waals surface area contributed by atoms with Crippen molar-refractivity contribution in [2.24, 2.45) is 11.1 Å². The molecule has 0 saturated heterocycles. The number of nitrogens with two attached hydrogens (primary N) is 1. The number of aromatic nitrogens is 1. The number of hydrogen-bond donors (Lipinski definition) is 1. The Balaban J connectivity index is 1.91. The van der Waals surface area contributed by atoms with Crippen LogP contribution in [0.15, 0.2) is 66.9 Å². The van der Waals surface area contributed by atoms with Gasteiger partial charge in [-0.25, -0.2) is 4.98 Å². The van der Waals surface area contributed by atoms with Crippen LogP contribution in [-0.2, 0) is 9.53 Å². The second kappa shape index (κ2) is 10.1. The Morgan fingerprint density at radius 2 is 1.75 bits per heavy atom. The van der Waals surface area contributed by atoms with E-state index in [-0.39, 0.29) is 18.0 Å². The highest BCUT2D eigenvalue weighted by Gasteiger charge is 2.41. The zero-order chi connectivity index (χ0) is 23.3. The second-order valence-corrected chi connectivity index (χ2v) is 8.16. The molecule has 0 amide bonds. The maximum atomic E-state index is 12.9. The van der Waals surface area contributed by atoms with Gasteiger partial charge in [0.25, 0.3) is 0 Å². The van der Waals surface area contributed by atoms with Crippen molar-refractivity contribution in [2.45, 2.75) is 13.0 Å². The van der Waals surface area contributed by atoms with Crippen molar-refractivity contribution in [1.29, 1.82) is 0 Å². The molecule has 6 nitrogen and oxygen atoms in total. The van der Waals surface area contributed by atoms with Crippen LogP contribution in [0.1, 0.15) is 34.5 Å². The molecule has 1 heterocycles. The van der Waals surface area contributed by atoms with E-state index in [1.165, 1.54) is 26.3 Å². The summed E-state index contributed by atoms with van der Waals surface area (Å²) in [5, 5.41) is 1.14. The number of Topliss-reactive ketones (excluding diaryl/α,β-unsaturated/α-hetero) is 1. The van der Waals surface area contributed by atoms with Crippen LogP contribution in [0, 0.1) is 5.41 Å². The second-order valence-electron chi connectivity index (χ2n) is 7.31. The lowest BCUT2D eigenvalue weighted by Crippen LogP contribution is -2.43. The molecule has 2 aromatic carbocycles. The van der Waals surface area contributed by atoms with E-state index < -0.39 is 23.3 Å². The molecule has 0 radical (unpaired) electrons. The highest BCUT2D eigenvalue weighted by molar-refractivity contribution is 6.31. The lowest BCUT2D eigenvalue weighted by Gasteiger charge is -2.23. The minimum absolute atomic E-state index is 0.193. The predicted octanol–water partition coefficient (Wildman–Crippen LogP) is 4.88. The van der Waals surface area contributed by atoms with Gasteiger partial charge in [-0.05, 0) is 36.8 Å². The third kappa shape index (κ3) is 4.93. The average molecular weight is 473 g/mol. The molecule has 0 bridgehead atoms. The summed E-state index contributed by atoms with van der Waals surface area (Å²) in [5.74, 6) is -0.910. The number of hydrogen-bond acceptors (Lipinski definition) is 6. The molecule has 3 aromatic rings. The van der Waals surface area contributed by atoms with Gasteiger partial charge in [-0.1, -0.05) is 53.5 Å². The summed E-state index contributed by atoms with van der Waals surface area (Å²) < 4.78 is 10.9. The monoisotopic (exact) mass is 472 g/mol. The van der Waals surface area contributed by atoms with Gasteiger partial charge in [0.1, 0.15) is 5.41 Å². The minimum Gasteiger partial charge on any atom is -0.468 e. The van der Waals surface area contributed by atoms with Gasteiger partial charge in [0.2, 0.25) is 5.88 Å². The van der Waals surface area contributed by atoms with Crippen molar-refractivity contribution in [1.82, 2.24) is 4.98 Å². The molecule has 0 fully saturated rings.